The van der Waals surface area contributed by atoms with Crippen molar-refractivity contribution >= 4 is 34.8 Å². The Morgan fingerprint density at radius 3 is 2.59 bits per heavy atom. The zero-order valence-electron chi connectivity index (χ0n) is 15.0. The van der Waals surface area contributed by atoms with E-state index in [1.807, 2.05) is 0 Å². The lowest BCUT2D eigenvalue weighted by Gasteiger charge is -2.33. The predicted molar refractivity (Wildman–Crippen MR) is 103 cm³/mol. The van der Waals surface area contributed by atoms with Gasteiger partial charge in [0.1, 0.15) is 5.69 Å². The van der Waals surface area contributed by atoms with Gasteiger partial charge in [0, 0.05) is 23.7 Å². The second kappa shape index (κ2) is 7.45. The monoisotopic (exact) mass is 444 g/mol. The van der Waals surface area contributed by atoms with E-state index in [-0.39, 0.29) is 22.8 Å². The summed E-state index contributed by atoms with van der Waals surface area (Å²) >= 11 is 11.9. The summed E-state index contributed by atoms with van der Waals surface area (Å²) in [5, 5.41) is 13.8. The first-order valence-corrected chi connectivity index (χ1v) is 9.88. The van der Waals surface area contributed by atoms with E-state index >= 15 is 0 Å². The predicted octanol–water partition coefficient (Wildman–Crippen LogP) is 5.15. The van der Waals surface area contributed by atoms with Crippen molar-refractivity contribution in [3.63, 3.8) is 0 Å². The number of fused-ring (bicyclic) bond motifs is 2. The van der Waals surface area contributed by atoms with E-state index in [4.69, 9.17) is 23.2 Å². The van der Waals surface area contributed by atoms with Gasteiger partial charge in [-0.25, -0.2) is 0 Å². The van der Waals surface area contributed by atoms with Gasteiger partial charge in [0.15, 0.2) is 0 Å². The van der Waals surface area contributed by atoms with Crippen LogP contribution in [0.3, 0.4) is 0 Å². The molecule has 0 spiro atoms. The van der Waals surface area contributed by atoms with Gasteiger partial charge in [-0.2, -0.15) is 13.2 Å². The summed E-state index contributed by atoms with van der Waals surface area (Å²) in [6.45, 7) is 0. The molecule has 0 aliphatic heterocycles. The van der Waals surface area contributed by atoms with Crippen molar-refractivity contribution in [1.82, 2.24) is 4.98 Å². The van der Waals surface area contributed by atoms with Gasteiger partial charge in [-0.15, -0.1) is 0 Å². The standard InChI is InChI=1S/C20H17Cl2F3N2O2/c21-13-2-1-11(8-14(13)22)27-19(29)18-10-5-12(15(28)6-10)17(18)9-3-4-26-16(7-9)20(23,24)25/h1-4,7-8,10,12,15,17-18,28H,5-6H2,(H,27,29)/t10-,12+,15+,17+,18-/m0/s1. The van der Waals surface area contributed by atoms with E-state index in [9.17, 15) is 23.1 Å². The maximum Gasteiger partial charge on any atom is 0.433 e. The number of carbonyl (C=O) groups is 1. The lowest BCUT2D eigenvalue weighted by Crippen LogP contribution is -2.37. The number of rotatable bonds is 3. The maximum atomic E-state index is 13.1. The number of halogens is 5. The first-order valence-electron chi connectivity index (χ1n) is 9.12. The summed E-state index contributed by atoms with van der Waals surface area (Å²) in [6, 6.07) is 7.16. The van der Waals surface area contributed by atoms with Crippen molar-refractivity contribution in [1.29, 1.82) is 0 Å². The highest BCUT2D eigenvalue weighted by Gasteiger charge is 2.55. The normalized spacial score (nSPS) is 28.6. The molecule has 1 amide bonds. The lowest BCUT2D eigenvalue weighted by atomic mass is 9.74. The highest BCUT2D eigenvalue weighted by molar-refractivity contribution is 6.42. The molecule has 154 valence electrons. The molecule has 5 atom stereocenters. The topological polar surface area (TPSA) is 62.2 Å². The number of anilines is 1. The Labute approximate surface area is 175 Å². The molecule has 2 fully saturated rings. The fourth-order valence-electron chi connectivity index (χ4n) is 4.77. The van der Waals surface area contributed by atoms with Crippen LogP contribution in [-0.4, -0.2) is 22.1 Å². The van der Waals surface area contributed by atoms with Gasteiger partial charge < -0.3 is 10.4 Å². The van der Waals surface area contributed by atoms with E-state index in [1.54, 1.807) is 12.1 Å². The molecule has 0 unspecified atom stereocenters. The number of aliphatic hydroxyl groups excluding tert-OH is 1. The zero-order valence-corrected chi connectivity index (χ0v) is 16.5. The van der Waals surface area contributed by atoms with E-state index in [1.165, 1.54) is 12.1 Å². The number of carbonyl (C=O) groups excluding carboxylic acids is 1. The Bertz CT molecular complexity index is 954. The average molecular weight is 445 g/mol. The Balaban J connectivity index is 1.65. The number of pyridine rings is 1. The average Bonchev–Trinajstić information content (AvgIpc) is 3.21. The van der Waals surface area contributed by atoms with Gasteiger partial charge in [-0.1, -0.05) is 23.2 Å². The van der Waals surface area contributed by atoms with E-state index < -0.39 is 29.8 Å². The molecule has 1 aromatic carbocycles. The third-order valence-electron chi connectivity index (χ3n) is 5.92. The van der Waals surface area contributed by atoms with Crippen molar-refractivity contribution in [2.45, 2.75) is 31.0 Å². The number of aliphatic hydroxyl groups is 1. The van der Waals surface area contributed by atoms with Crippen LogP contribution in [0.2, 0.25) is 10.0 Å². The fourth-order valence-corrected chi connectivity index (χ4v) is 5.07. The summed E-state index contributed by atoms with van der Waals surface area (Å²) in [4.78, 5) is 16.5. The van der Waals surface area contributed by atoms with Crippen molar-refractivity contribution in [3.05, 3.63) is 57.8 Å². The largest absolute Gasteiger partial charge is 0.433 e. The summed E-state index contributed by atoms with van der Waals surface area (Å²) in [5.74, 6) is -1.76. The molecule has 0 saturated heterocycles. The van der Waals surface area contributed by atoms with Crippen LogP contribution in [0.4, 0.5) is 18.9 Å². The summed E-state index contributed by atoms with van der Waals surface area (Å²) in [7, 11) is 0. The number of amides is 1. The molecule has 2 saturated carbocycles. The van der Waals surface area contributed by atoms with Crippen molar-refractivity contribution in [2.75, 3.05) is 5.32 Å². The van der Waals surface area contributed by atoms with Crippen molar-refractivity contribution in [2.24, 2.45) is 17.8 Å². The maximum absolute atomic E-state index is 13.1. The number of alkyl halides is 3. The Kier molecular flexibility index (Phi) is 5.25. The molecule has 2 N–H and O–H groups in total. The second-order valence-corrected chi connectivity index (χ2v) is 8.42. The van der Waals surface area contributed by atoms with Crippen LogP contribution in [0.1, 0.15) is 30.0 Å². The van der Waals surface area contributed by atoms with Crippen LogP contribution in [0.25, 0.3) is 0 Å². The first kappa shape index (κ1) is 20.4. The fraction of sp³-hybridized carbons (Fsp3) is 0.400. The van der Waals surface area contributed by atoms with E-state index in [2.05, 4.69) is 10.3 Å². The molecule has 2 bridgehead atoms. The van der Waals surface area contributed by atoms with Gasteiger partial charge in [-0.3, -0.25) is 9.78 Å². The van der Waals surface area contributed by atoms with Crippen LogP contribution in [0.15, 0.2) is 36.5 Å². The highest BCUT2D eigenvalue weighted by atomic mass is 35.5. The molecule has 2 aliphatic carbocycles. The molecule has 4 rings (SSSR count). The molecule has 4 nitrogen and oxygen atoms in total. The van der Waals surface area contributed by atoms with Gasteiger partial charge in [0.2, 0.25) is 5.91 Å². The number of nitrogens with zero attached hydrogens (tertiary/aromatic N) is 1. The molecular formula is C20H17Cl2F3N2O2. The smallest absolute Gasteiger partial charge is 0.393 e. The summed E-state index contributed by atoms with van der Waals surface area (Å²) < 4.78 is 39.4. The molecule has 29 heavy (non-hydrogen) atoms. The van der Waals surface area contributed by atoms with Crippen LogP contribution in [0, 0.1) is 17.8 Å². The number of benzene rings is 1. The van der Waals surface area contributed by atoms with Crippen molar-refractivity contribution in [3.8, 4) is 0 Å². The minimum absolute atomic E-state index is 0.106. The van der Waals surface area contributed by atoms with Gasteiger partial charge in [0.05, 0.1) is 16.1 Å². The zero-order chi connectivity index (χ0) is 20.9. The van der Waals surface area contributed by atoms with Gasteiger partial charge in [-0.05, 0) is 60.6 Å². The van der Waals surface area contributed by atoms with Crippen molar-refractivity contribution < 1.29 is 23.1 Å². The number of aromatic nitrogens is 1. The van der Waals surface area contributed by atoms with Crippen LogP contribution in [-0.2, 0) is 11.0 Å². The third kappa shape index (κ3) is 3.83. The minimum atomic E-state index is -4.58. The first-order chi connectivity index (χ1) is 13.6. The molecule has 9 heteroatoms. The number of hydrogen-bond acceptors (Lipinski definition) is 3. The molecule has 0 radical (unpaired) electrons. The second-order valence-electron chi connectivity index (χ2n) is 7.60. The Hall–Kier alpha value is -1.83. The molecule has 2 aliphatic rings. The quantitative estimate of drug-likeness (QED) is 0.688. The van der Waals surface area contributed by atoms with Gasteiger partial charge >= 0.3 is 6.18 Å². The number of hydrogen-bond donors (Lipinski definition) is 2. The van der Waals surface area contributed by atoms with Gasteiger partial charge in [0.25, 0.3) is 0 Å². The van der Waals surface area contributed by atoms with E-state index in [0.717, 1.165) is 12.3 Å². The minimum Gasteiger partial charge on any atom is -0.393 e. The SMILES string of the molecule is O=C(Nc1ccc(Cl)c(Cl)c1)[C@H]1[C@H]2C[C@@H]([C@H]1c1ccnc(C(F)(F)F)c1)[C@H](O)C2. The molecule has 1 heterocycles. The third-order valence-corrected chi connectivity index (χ3v) is 6.66. The van der Waals surface area contributed by atoms with E-state index in [0.29, 0.717) is 29.1 Å². The highest BCUT2D eigenvalue weighted by Crippen LogP contribution is 2.57. The lowest BCUT2D eigenvalue weighted by molar-refractivity contribution is -0.141. The van der Waals surface area contributed by atoms with Crippen LogP contribution in [0.5, 0.6) is 0 Å². The Morgan fingerprint density at radius 2 is 1.90 bits per heavy atom. The molecular weight excluding hydrogens is 428 g/mol. The number of nitrogens with one attached hydrogen (secondary N) is 1. The molecule has 1 aromatic heterocycles. The summed E-state index contributed by atoms with van der Waals surface area (Å²) in [5.41, 5.74) is -0.180. The van der Waals surface area contributed by atoms with Crippen LogP contribution >= 0.6 is 23.2 Å². The summed E-state index contributed by atoms with van der Waals surface area (Å²) in [6.07, 6.45) is -3.07. The van der Waals surface area contributed by atoms with Crippen LogP contribution < -0.4 is 5.32 Å². The Morgan fingerprint density at radius 1 is 1.14 bits per heavy atom. The molecule has 2 aromatic rings.